The van der Waals surface area contributed by atoms with Gasteiger partial charge in [-0.1, -0.05) is 6.07 Å². The van der Waals surface area contributed by atoms with E-state index in [-0.39, 0.29) is 41.8 Å². The molecule has 11 heteroatoms. The summed E-state index contributed by atoms with van der Waals surface area (Å²) in [6.45, 7) is 3.39. The SMILES string of the molecule is C[I-]I1C(=O)[C@@H](C2CCN(C(=O)OCc3ccccc3)CC2)[C@@](C)(c2cc(-c3cncc(C#N)c3)cs2)N=C1N. The van der Waals surface area contributed by atoms with Crippen LogP contribution in [0.1, 0.15) is 35.8 Å². The van der Waals surface area contributed by atoms with Crippen LogP contribution in [-0.4, -0.2) is 41.6 Å². The van der Waals surface area contributed by atoms with E-state index in [1.54, 1.807) is 28.6 Å². The van der Waals surface area contributed by atoms with Crippen molar-refractivity contribution in [3.05, 3.63) is 76.2 Å². The number of nitrogens with zero attached hydrogens (tertiary/aromatic N) is 4. The molecule has 0 saturated carbocycles. The first-order chi connectivity index (χ1) is 19.3. The number of amides is 1. The van der Waals surface area contributed by atoms with Crippen LogP contribution < -0.4 is 23.0 Å². The topological polar surface area (TPSA) is 122 Å². The minimum absolute atomic E-state index is 0.108. The number of aromatic nitrogens is 1. The fourth-order valence-corrected chi connectivity index (χ4v) is 18.0. The molecule has 1 fully saturated rings. The van der Waals surface area contributed by atoms with Crippen molar-refractivity contribution >= 4 is 40.9 Å². The normalized spacial score (nSPS) is 22.6. The Bertz CT molecular complexity index is 1470. The Balaban J connectivity index is 1.36. The average molecular weight is 782 g/mol. The van der Waals surface area contributed by atoms with Gasteiger partial charge in [0.15, 0.2) is 0 Å². The number of piperidine rings is 1. The van der Waals surface area contributed by atoms with Gasteiger partial charge in [-0.2, -0.15) is 0 Å². The average Bonchev–Trinajstić information content (AvgIpc) is 3.48. The molecule has 1 amide bonds. The first-order valence-electron chi connectivity index (χ1n) is 12.8. The summed E-state index contributed by atoms with van der Waals surface area (Å²) < 4.78 is 6.49. The van der Waals surface area contributed by atoms with Crippen molar-refractivity contribution in [3.63, 3.8) is 0 Å². The molecule has 4 heterocycles. The third kappa shape index (κ3) is 5.89. The van der Waals surface area contributed by atoms with Gasteiger partial charge in [0.25, 0.3) is 0 Å². The number of likely N-dealkylation sites (tertiary alicyclic amines) is 1. The van der Waals surface area contributed by atoms with E-state index in [1.807, 2.05) is 48.7 Å². The van der Waals surface area contributed by atoms with Crippen LogP contribution in [0, 0.1) is 23.2 Å². The van der Waals surface area contributed by atoms with Crippen molar-refractivity contribution in [2.45, 2.75) is 31.9 Å². The van der Waals surface area contributed by atoms with E-state index in [2.05, 4.69) is 22.1 Å². The second-order valence-corrected chi connectivity index (χ2v) is 26.1. The van der Waals surface area contributed by atoms with Gasteiger partial charge in [-0.05, 0) is 0 Å². The Labute approximate surface area is 251 Å². The standard InChI is InChI=1S/C29H30I2N5O3S/c1-29(24-13-23(18-40-24)22-12-20(14-32)15-34-16-22)25(26(37)31(30-2)27(33)35-29)21-8-10-36(11-9-21)28(38)39-17-19-6-4-3-5-7-19/h3-7,12-13,15-16,18,21,25H,8-11,17H2,1-2H3,(H2,33,35)/q-1/t25-,29-/m1/s1. The number of pyridine rings is 1. The molecule has 2 aromatic heterocycles. The number of alkyl halides is 1. The number of hydrogen-bond acceptors (Lipinski definition) is 8. The second-order valence-electron chi connectivity index (χ2n) is 9.88. The van der Waals surface area contributed by atoms with Crippen molar-refractivity contribution in [1.29, 1.82) is 5.26 Å². The molecule has 3 aromatic rings. The zero-order valence-corrected chi connectivity index (χ0v) is 27.4. The van der Waals surface area contributed by atoms with Crippen molar-refractivity contribution in [2.24, 2.45) is 22.6 Å². The predicted octanol–water partition coefficient (Wildman–Crippen LogP) is 2.56. The van der Waals surface area contributed by atoms with E-state index in [4.69, 9.17) is 15.5 Å². The van der Waals surface area contributed by atoms with Crippen LogP contribution in [0.15, 0.2) is 65.2 Å². The molecule has 1 saturated heterocycles. The number of carbonyl (C=O) groups excluding carboxylic acids is 2. The minimum atomic E-state index is -2.13. The fraction of sp³-hybridized carbons (Fsp3) is 0.345. The molecule has 2 aliphatic rings. The molecule has 2 atom stereocenters. The molecule has 0 bridgehead atoms. The van der Waals surface area contributed by atoms with Crippen LogP contribution in [0.25, 0.3) is 11.1 Å². The summed E-state index contributed by atoms with van der Waals surface area (Å²) in [5.41, 5.74) is 8.99. The van der Waals surface area contributed by atoms with Crippen LogP contribution in [-0.2, 0) is 21.7 Å². The number of carbonyl (C=O) groups is 2. The quantitative estimate of drug-likeness (QED) is 0.178. The molecule has 0 unspecified atom stereocenters. The number of amidine groups is 1. The number of benzene rings is 1. The molecule has 0 aliphatic carbocycles. The Morgan fingerprint density at radius 2 is 2.00 bits per heavy atom. The van der Waals surface area contributed by atoms with Crippen LogP contribution in [0.5, 0.6) is 0 Å². The molecule has 2 N–H and O–H groups in total. The molecule has 8 nitrogen and oxygen atoms in total. The summed E-state index contributed by atoms with van der Waals surface area (Å²) in [4.78, 5) is 41.1. The van der Waals surface area contributed by atoms with Crippen molar-refractivity contribution < 1.29 is 31.6 Å². The number of nitrogens with two attached hydrogens (primary N) is 1. The van der Waals surface area contributed by atoms with E-state index in [0.29, 0.717) is 26.3 Å². The molecule has 210 valence electrons. The number of halogens is 2. The van der Waals surface area contributed by atoms with E-state index >= 15 is 0 Å². The zero-order chi connectivity index (χ0) is 28.3. The third-order valence-corrected chi connectivity index (χ3v) is 23.2. The molecular formula is C29H30I2N5O3S-. The number of hydrogen-bond donors (Lipinski definition) is 1. The zero-order valence-electron chi connectivity index (χ0n) is 22.2. The van der Waals surface area contributed by atoms with E-state index in [9.17, 15) is 14.9 Å². The first kappa shape index (κ1) is 28.9. The number of aliphatic imine (C=N–C) groups is 1. The fourth-order valence-electron chi connectivity index (χ4n) is 5.38. The second kappa shape index (κ2) is 12.5. The van der Waals surface area contributed by atoms with Crippen molar-refractivity contribution in [3.8, 4) is 17.2 Å². The van der Waals surface area contributed by atoms with Crippen molar-refractivity contribution in [1.82, 2.24) is 9.88 Å². The van der Waals surface area contributed by atoms with Gasteiger partial charge >= 0.3 is 247 Å². The van der Waals surface area contributed by atoms with Gasteiger partial charge < -0.3 is 0 Å². The van der Waals surface area contributed by atoms with Gasteiger partial charge in [-0.25, -0.2) is 0 Å². The van der Waals surface area contributed by atoms with Crippen LogP contribution >= 0.6 is 27.2 Å². The Morgan fingerprint density at radius 3 is 2.70 bits per heavy atom. The summed E-state index contributed by atoms with van der Waals surface area (Å²) in [5.74, 6) is -0.153. The van der Waals surface area contributed by atoms with Gasteiger partial charge in [-0.15, -0.1) is 0 Å². The summed E-state index contributed by atoms with van der Waals surface area (Å²) in [6, 6.07) is 15.7. The molecular weight excluding hydrogens is 752 g/mol. The molecule has 1 aromatic carbocycles. The Morgan fingerprint density at radius 1 is 1.25 bits per heavy atom. The Hall–Kier alpha value is -2.57. The van der Waals surface area contributed by atoms with E-state index in [1.165, 1.54) is 0 Å². The molecule has 5 rings (SSSR count). The van der Waals surface area contributed by atoms with Crippen LogP contribution in [0.2, 0.25) is 0 Å². The van der Waals surface area contributed by atoms with Crippen LogP contribution in [0.4, 0.5) is 4.79 Å². The van der Waals surface area contributed by atoms with Gasteiger partial charge in [-0.3, -0.25) is 0 Å². The number of rotatable bonds is 6. The molecule has 40 heavy (non-hydrogen) atoms. The Kier molecular flexibility index (Phi) is 9.06. The number of thiophene rings is 1. The first-order valence-corrected chi connectivity index (χ1v) is 24.3. The number of nitriles is 1. The summed E-state index contributed by atoms with van der Waals surface area (Å²) >= 11 is -0.870. The van der Waals surface area contributed by atoms with Crippen molar-refractivity contribution in [2.75, 3.05) is 18.0 Å². The summed E-state index contributed by atoms with van der Waals surface area (Å²) in [7, 11) is 0. The summed E-state index contributed by atoms with van der Waals surface area (Å²) in [5, 5.41) is 11.3. The van der Waals surface area contributed by atoms with Gasteiger partial charge in [0, 0.05) is 0 Å². The van der Waals surface area contributed by atoms with E-state index < -0.39 is 21.4 Å². The van der Waals surface area contributed by atoms with Gasteiger partial charge in [0.1, 0.15) is 0 Å². The van der Waals surface area contributed by atoms with Gasteiger partial charge in [0.05, 0.1) is 0 Å². The van der Waals surface area contributed by atoms with E-state index in [0.717, 1.165) is 34.4 Å². The summed E-state index contributed by atoms with van der Waals surface area (Å²) in [6.07, 6.45) is 4.42. The van der Waals surface area contributed by atoms with Crippen LogP contribution in [0.3, 0.4) is 0 Å². The maximum absolute atomic E-state index is 14.1. The molecule has 2 aliphatic heterocycles. The maximum atomic E-state index is 14.1. The van der Waals surface area contributed by atoms with Gasteiger partial charge in [0.2, 0.25) is 0 Å². The third-order valence-electron chi connectivity index (χ3n) is 7.44. The molecule has 0 spiro atoms. The predicted molar refractivity (Wildman–Crippen MR) is 161 cm³/mol. The molecule has 0 radical (unpaired) electrons. The monoisotopic (exact) mass is 782 g/mol. The number of ether oxygens (including phenoxy) is 1.